The Bertz CT molecular complexity index is 757. The molecule has 0 aliphatic carbocycles. The standard InChI is InChI=1S/C15H13F4N3O2/c16-11-7-9(8-22-6-2-1-3-12(22)23)4-5-10(11)13-20-14(24-21-13)15(17,18)19/h4-5,7H,1-3,6,8H2. The summed E-state index contributed by atoms with van der Waals surface area (Å²) in [5, 5.41) is 3.16. The zero-order chi connectivity index (χ0) is 17.3. The molecule has 1 aromatic heterocycles. The lowest BCUT2D eigenvalue weighted by molar-refractivity contribution is -0.159. The van der Waals surface area contributed by atoms with Crippen LogP contribution in [0.3, 0.4) is 0 Å². The number of nitrogens with zero attached hydrogens (tertiary/aromatic N) is 3. The van der Waals surface area contributed by atoms with Crippen LogP contribution in [0.25, 0.3) is 11.4 Å². The first-order valence-electron chi connectivity index (χ1n) is 7.32. The molecule has 2 aromatic rings. The molecular formula is C15H13F4N3O2. The largest absolute Gasteiger partial charge is 0.471 e. The number of likely N-dealkylation sites (tertiary alicyclic amines) is 1. The molecule has 0 atom stereocenters. The van der Waals surface area contributed by atoms with Gasteiger partial charge in [0, 0.05) is 19.5 Å². The molecule has 1 aromatic carbocycles. The number of carbonyl (C=O) groups excluding carboxylic acids is 1. The number of aromatic nitrogens is 2. The second-order valence-corrected chi connectivity index (χ2v) is 5.51. The minimum absolute atomic E-state index is 0.0127. The summed E-state index contributed by atoms with van der Waals surface area (Å²) in [5.74, 6) is -2.76. The maximum Gasteiger partial charge on any atom is 0.471 e. The molecule has 1 amide bonds. The Labute approximate surface area is 134 Å². The average molecular weight is 343 g/mol. The molecule has 0 unspecified atom stereocenters. The van der Waals surface area contributed by atoms with Crippen LogP contribution in [0.2, 0.25) is 0 Å². The maximum atomic E-state index is 14.2. The lowest BCUT2D eigenvalue weighted by Gasteiger charge is -2.26. The van der Waals surface area contributed by atoms with Crippen molar-refractivity contribution in [3.05, 3.63) is 35.5 Å². The molecule has 1 aliphatic heterocycles. The fraction of sp³-hybridized carbons (Fsp3) is 0.400. The molecule has 1 saturated heterocycles. The number of piperidine rings is 1. The summed E-state index contributed by atoms with van der Waals surface area (Å²) < 4.78 is 55.6. The van der Waals surface area contributed by atoms with Crippen molar-refractivity contribution in [3.8, 4) is 11.4 Å². The van der Waals surface area contributed by atoms with Crippen molar-refractivity contribution in [2.45, 2.75) is 32.0 Å². The molecule has 128 valence electrons. The van der Waals surface area contributed by atoms with Crippen LogP contribution in [0.15, 0.2) is 22.7 Å². The molecule has 1 aliphatic rings. The Morgan fingerprint density at radius 1 is 1.25 bits per heavy atom. The molecule has 1 fully saturated rings. The van der Waals surface area contributed by atoms with Crippen LogP contribution in [-0.2, 0) is 17.5 Å². The number of halogens is 4. The van der Waals surface area contributed by atoms with Gasteiger partial charge in [0.05, 0.1) is 5.56 Å². The van der Waals surface area contributed by atoms with E-state index in [9.17, 15) is 22.4 Å². The van der Waals surface area contributed by atoms with E-state index in [-0.39, 0.29) is 18.0 Å². The van der Waals surface area contributed by atoms with Gasteiger partial charge in [-0.25, -0.2) is 4.39 Å². The van der Waals surface area contributed by atoms with Gasteiger partial charge in [-0.2, -0.15) is 18.2 Å². The van der Waals surface area contributed by atoms with Gasteiger partial charge in [-0.1, -0.05) is 11.2 Å². The third kappa shape index (κ3) is 3.39. The van der Waals surface area contributed by atoms with E-state index >= 15 is 0 Å². The number of hydrogen-bond donors (Lipinski definition) is 0. The number of benzene rings is 1. The first-order chi connectivity index (χ1) is 11.3. The van der Waals surface area contributed by atoms with Crippen molar-refractivity contribution >= 4 is 5.91 Å². The lowest BCUT2D eigenvalue weighted by atomic mass is 10.1. The predicted octanol–water partition coefficient (Wildman–Crippen LogP) is 3.41. The van der Waals surface area contributed by atoms with Crippen molar-refractivity contribution < 1.29 is 26.9 Å². The summed E-state index contributed by atoms with van der Waals surface area (Å²) >= 11 is 0. The van der Waals surface area contributed by atoms with Crippen molar-refractivity contribution in [3.63, 3.8) is 0 Å². The zero-order valence-corrected chi connectivity index (χ0v) is 12.4. The molecule has 0 spiro atoms. The Morgan fingerprint density at radius 3 is 2.67 bits per heavy atom. The fourth-order valence-electron chi connectivity index (χ4n) is 2.54. The van der Waals surface area contributed by atoms with Crippen molar-refractivity contribution in [2.75, 3.05) is 6.54 Å². The van der Waals surface area contributed by atoms with E-state index in [1.54, 1.807) is 4.90 Å². The van der Waals surface area contributed by atoms with Crippen molar-refractivity contribution in [2.24, 2.45) is 0 Å². The summed E-state index contributed by atoms with van der Waals surface area (Å²) in [6, 6.07) is 3.98. The fourth-order valence-corrected chi connectivity index (χ4v) is 2.54. The summed E-state index contributed by atoms with van der Waals surface area (Å²) in [5.41, 5.74) is 0.356. The predicted molar refractivity (Wildman–Crippen MR) is 74.0 cm³/mol. The van der Waals surface area contributed by atoms with Crippen molar-refractivity contribution in [1.29, 1.82) is 0 Å². The van der Waals surface area contributed by atoms with E-state index in [0.29, 0.717) is 18.5 Å². The van der Waals surface area contributed by atoms with E-state index in [0.717, 1.165) is 12.8 Å². The summed E-state index contributed by atoms with van der Waals surface area (Å²) in [7, 11) is 0. The average Bonchev–Trinajstić information content (AvgIpc) is 2.99. The first kappa shape index (κ1) is 16.4. The van der Waals surface area contributed by atoms with Gasteiger partial charge in [-0.05, 0) is 30.5 Å². The molecule has 0 N–H and O–H groups in total. The molecule has 5 nitrogen and oxygen atoms in total. The summed E-state index contributed by atoms with van der Waals surface area (Å²) in [6.45, 7) is 0.873. The SMILES string of the molecule is O=C1CCCCN1Cc1ccc(-c2noc(C(F)(F)F)n2)c(F)c1. The van der Waals surface area contributed by atoms with Gasteiger partial charge in [-0.3, -0.25) is 4.79 Å². The molecule has 0 radical (unpaired) electrons. The number of carbonyl (C=O) groups is 1. The Hall–Kier alpha value is -2.45. The first-order valence-corrected chi connectivity index (χ1v) is 7.32. The summed E-state index contributed by atoms with van der Waals surface area (Å²) in [4.78, 5) is 16.6. The highest BCUT2D eigenvalue weighted by Crippen LogP contribution is 2.30. The van der Waals surface area contributed by atoms with Crippen LogP contribution in [0.5, 0.6) is 0 Å². The molecule has 2 heterocycles. The quantitative estimate of drug-likeness (QED) is 0.802. The van der Waals surface area contributed by atoms with Gasteiger partial charge in [0.1, 0.15) is 5.82 Å². The van der Waals surface area contributed by atoms with Crippen LogP contribution in [0.1, 0.15) is 30.7 Å². The molecule has 3 rings (SSSR count). The second-order valence-electron chi connectivity index (χ2n) is 5.51. The number of hydrogen-bond acceptors (Lipinski definition) is 4. The summed E-state index contributed by atoms with van der Waals surface area (Å²) in [6.07, 6.45) is -2.56. The van der Waals surface area contributed by atoms with Crippen LogP contribution in [0, 0.1) is 5.82 Å². The second kappa shape index (κ2) is 6.21. The van der Waals surface area contributed by atoms with Crippen LogP contribution in [-0.4, -0.2) is 27.5 Å². The van der Waals surface area contributed by atoms with E-state index < -0.39 is 23.7 Å². The highest BCUT2D eigenvalue weighted by Gasteiger charge is 2.38. The van der Waals surface area contributed by atoms with E-state index in [2.05, 4.69) is 14.7 Å². The molecule has 0 saturated carbocycles. The third-order valence-electron chi connectivity index (χ3n) is 3.74. The van der Waals surface area contributed by atoms with Gasteiger partial charge in [0.25, 0.3) is 0 Å². The Balaban J connectivity index is 1.79. The zero-order valence-electron chi connectivity index (χ0n) is 12.4. The van der Waals surface area contributed by atoms with Crippen LogP contribution in [0.4, 0.5) is 17.6 Å². The van der Waals surface area contributed by atoms with E-state index in [1.807, 2.05) is 0 Å². The smallest absolute Gasteiger partial charge is 0.338 e. The van der Waals surface area contributed by atoms with Gasteiger partial charge >= 0.3 is 12.1 Å². The van der Waals surface area contributed by atoms with Gasteiger partial charge in [-0.15, -0.1) is 0 Å². The minimum Gasteiger partial charge on any atom is -0.338 e. The molecule has 0 bridgehead atoms. The van der Waals surface area contributed by atoms with Crippen molar-refractivity contribution in [1.82, 2.24) is 15.0 Å². The Morgan fingerprint density at radius 2 is 2.04 bits per heavy atom. The molecule has 24 heavy (non-hydrogen) atoms. The Kier molecular flexibility index (Phi) is 4.25. The number of rotatable bonds is 3. The van der Waals surface area contributed by atoms with E-state index in [4.69, 9.17) is 0 Å². The molecule has 9 heteroatoms. The third-order valence-corrected chi connectivity index (χ3v) is 3.74. The maximum absolute atomic E-state index is 14.2. The minimum atomic E-state index is -4.78. The van der Waals surface area contributed by atoms with Crippen LogP contribution < -0.4 is 0 Å². The normalized spacial score (nSPS) is 15.8. The highest BCUT2D eigenvalue weighted by atomic mass is 19.4. The highest BCUT2D eigenvalue weighted by molar-refractivity contribution is 5.76. The number of amides is 1. The van der Waals surface area contributed by atoms with Gasteiger partial charge in [0.2, 0.25) is 11.7 Å². The lowest BCUT2D eigenvalue weighted by Crippen LogP contribution is -2.34. The molecular weight excluding hydrogens is 330 g/mol. The van der Waals surface area contributed by atoms with Crippen LogP contribution >= 0.6 is 0 Å². The monoisotopic (exact) mass is 343 g/mol. The van der Waals surface area contributed by atoms with E-state index in [1.165, 1.54) is 18.2 Å². The number of alkyl halides is 3. The van der Waals surface area contributed by atoms with Gasteiger partial charge in [0.15, 0.2) is 0 Å². The topological polar surface area (TPSA) is 59.2 Å². The van der Waals surface area contributed by atoms with Gasteiger partial charge < -0.3 is 9.42 Å².